The number of fused-ring (bicyclic) bond motifs is 1. The monoisotopic (exact) mass is 343 g/mol. The molecule has 1 heterocycles. The van der Waals surface area contributed by atoms with E-state index in [1.54, 1.807) is 25.3 Å². The molecule has 4 nitrogen and oxygen atoms in total. The van der Waals surface area contributed by atoms with E-state index in [-0.39, 0.29) is 5.91 Å². The summed E-state index contributed by atoms with van der Waals surface area (Å²) in [5.74, 6) is 1.28. The number of benzene rings is 2. The quantitative estimate of drug-likeness (QED) is 0.844. The molecule has 3 rings (SSSR count). The van der Waals surface area contributed by atoms with Crippen LogP contribution in [0.3, 0.4) is 0 Å². The van der Waals surface area contributed by atoms with Gasteiger partial charge in [0.1, 0.15) is 0 Å². The molecule has 5 heteroatoms. The van der Waals surface area contributed by atoms with Crippen LogP contribution in [-0.4, -0.2) is 25.0 Å². The van der Waals surface area contributed by atoms with Gasteiger partial charge in [-0.15, -0.1) is 0 Å². The SMILES string of the molecule is COc1cc2c(cc1OC)CC(=O)N(Cc1ccccc1Cl)C=C2. The van der Waals surface area contributed by atoms with Gasteiger partial charge in [-0.25, -0.2) is 0 Å². The van der Waals surface area contributed by atoms with Crippen LogP contribution in [0.2, 0.25) is 5.02 Å². The van der Waals surface area contributed by atoms with E-state index in [4.69, 9.17) is 21.1 Å². The van der Waals surface area contributed by atoms with Crippen molar-refractivity contribution in [3.8, 4) is 11.5 Å². The molecule has 0 N–H and O–H groups in total. The second kappa shape index (κ2) is 6.97. The number of carbonyl (C=O) groups excluding carboxylic acids is 1. The molecule has 1 aliphatic heterocycles. The summed E-state index contributed by atoms with van der Waals surface area (Å²) < 4.78 is 10.7. The summed E-state index contributed by atoms with van der Waals surface area (Å²) in [4.78, 5) is 14.3. The highest BCUT2D eigenvalue weighted by Crippen LogP contribution is 2.33. The fourth-order valence-electron chi connectivity index (χ4n) is 2.71. The van der Waals surface area contributed by atoms with Crippen LogP contribution in [0.1, 0.15) is 16.7 Å². The van der Waals surface area contributed by atoms with Crippen molar-refractivity contribution < 1.29 is 14.3 Å². The smallest absolute Gasteiger partial charge is 0.231 e. The minimum atomic E-state index is 0.0112. The van der Waals surface area contributed by atoms with Gasteiger partial charge in [0.05, 0.1) is 27.2 Å². The Bertz CT molecular complexity index is 801. The van der Waals surface area contributed by atoms with Crippen molar-refractivity contribution in [1.82, 2.24) is 4.90 Å². The third-order valence-electron chi connectivity index (χ3n) is 4.04. The number of hydrogen-bond acceptors (Lipinski definition) is 3. The van der Waals surface area contributed by atoms with Gasteiger partial charge in [0.15, 0.2) is 11.5 Å². The lowest BCUT2D eigenvalue weighted by Gasteiger charge is -2.18. The molecular formula is C19H18ClNO3. The van der Waals surface area contributed by atoms with E-state index in [9.17, 15) is 4.79 Å². The standard InChI is InChI=1S/C19H18ClNO3/c1-23-17-9-13-7-8-21(12-14-5-3-4-6-16(14)20)19(22)11-15(13)10-18(17)24-2/h3-10H,11-12H2,1-2H3. The first-order chi connectivity index (χ1) is 11.6. The number of methoxy groups -OCH3 is 2. The molecule has 0 spiro atoms. The van der Waals surface area contributed by atoms with Gasteiger partial charge in [0.25, 0.3) is 0 Å². The van der Waals surface area contributed by atoms with Gasteiger partial charge < -0.3 is 14.4 Å². The summed E-state index contributed by atoms with van der Waals surface area (Å²) in [6.45, 7) is 0.442. The van der Waals surface area contributed by atoms with E-state index in [1.807, 2.05) is 42.5 Å². The van der Waals surface area contributed by atoms with Crippen molar-refractivity contribution in [3.63, 3.8) is 0 Å². The second-order valence-corrected chi connectivity index (χ2v) is 5.92. The molecule has 0 unspecified atom stereocenters. The summed E-state index contributed by atoms with van der Waals surface area (Å²) in [6, 6.07) is 11.3. The van der Waals surface area contributed by atoms with Crippen molar-refractivity contribution in [3.05, 3.63) is 64.3 Å². The molecule has 24 heavy (non-hydrogen) atoms. The largest absolute Gasteiger partial charge is 0.493 e. The lowest BCUT2D eigenvalue weighted by molar-refractivity contribution is -0.128. The van der Waals surface area contributed by atoms with Gasteiger partial charge in [0, 0.05) is 11.2 Å². The third kappa shape index (κ3) is 3.24. The van der Waals surface area contributed by atoms with Crippen LogP contribution < -0.4 is 9.47 Å². The second-order valence-electron chi connectivity index (χ2n) is 5.51. The van der Waals surface area contributed by atoms with Crippen molar-refractivity contribution in [2.24, 2.45) is 0 Å². The molecule has 0 bridgehead atoms. The molecule has 124 valence electrons. The molecule has 0 aromatic heterocycles. The van der Waals surface area contributed by atoms with Crippen LogP contribution in [0.5, 0.6) is 11.5 Å². The molecule has 0 saturated carbocycles. The zero-order chi connectivity index (χ0) is 17.1. The number of halogens is 1. The Morgan fingerprint density at radius 2 is 1.83 bits per heavy atom. The fraction of sp³-hybridized carbons (Fsp3) is 0.211. The molecule has 2 aromatic carbocycles. The number of ether oxygens (including phenoxy) is 2. The van der Waals surface area contributed by atoms with E-state index in [2.05, 4.69) is 0 Å². The highest BCUT2D eigenvalue weighted by Gasteiger charge is 2.20. The van der Waals surface area contributed by atoms with Gasteiger partial charge in [-0.1, -0.05) is 29.8 Å². The van der Waals surface area contributed by atoms with E-state index < -0.39 is 0 Å². The summed E-state index contributed by atoms with van der Waals surface area (Å²) in [5, 5.41) is 0.656. The Morgan fingerprint density at radius 3 is 2.54 bits per heavy atom. The maximum atomic E-state index is 12.6. The van der Waals surface area contributed by atoms with Crippen LogP contribution in [0.4, 0.5) is 0 Å². The molecule has 0 radical (unpaired) electrons. The lowest BCUT2D eigenvalue weighted by atomic mass is 10.0. The summed E-state index contributed by atoms with van der Waals surface area (Å²) in [5.41, 5.74) is 2.77. The van der Waals surface area contributed by atoms with Crippen LogP contribution in [0, 0.1) is 0 Å². The molecule has 0 saturated heterocycles. The van der Waals surface area contributed by atoms with E-state index in [1.165, 1.54) is 0 Å². The Balaban J connectivity index is 1.90. The molecule has 2 aromatic rings. The average Bonchev–Trinajstić information content (AvgIpc) is 2.74. The van der Waals surface area contributed by atoms with Gasteiger partial charge in [0.2, 0.25) is 5.91 Å². The van der Waals surface area contributed by atoms with Crippen LogP contribution >= 0.6 is 11.6 Å². The number of nitrogens with zero attached hydrogens (tertiary/aromatic N) is 1. The number of rotatable bonds is 4. The molecule has 0 fully saturated rings. The van der Waals surface area contributed by atoms with Crippen LogP contribution in [0.15, 0.2) is 42.6 Å². The molecule has 1 amide bonds. The number of carbonyl (C=O) groups is 1. The van der Waals surface area contributed by atoms with E-state index >= 15 is 0 Å². The summed E-state index contributed by atoms with van der Waals surface area (Å²) >= 11 is 6.21. The third-order valence-corrected chi connectivity index (χ3v) is 4.41. The Kier molecular flexibility index (Phi) is 4.76. The zero-order valence-electron chi connectivity index (χ0n) is 13.6. The first kappa shape index (κ1) is 16.4. The Hall–Kier alpha value is -2.46. The van der Waals surface area contributed by atoms with E-state index in [0.717, 1.165) is 16.7 Å². The van der Waals surface area contributed by atoms with Crippen molar-refractivity contribution in [2.75, 3.05) is 14.2 Å². The fourth-order valence-corrected chi connectivity index (χ4v) is 2.91. The molecule has 0 aliphatic carbocycles. The first-order valence-corrected chi connectivity index (χ1v) is 7.96. The molecule has 1 aliphatic rings. The molecule has 0 atom stereocenters. The minimum absolute atomic E-state index is 0.0112. The van der Waals surface area contributed by atoms with Gasteiger partial charge >= 0.3 is 0 Å². The maximum Gasteiger partial charge on any atom is 0.231 e. The first-order valence-electron chi connectivity index (χ1n) is 7.58. The highest BCUT2D eigenvalue weighted by atomic mass is 35.5. The van der Waals surface area contributed by atoms with Crippen molar-refractivity contribution in [2.45, 2.75) is 13.0 Å². The van der Waals surface area contributed by atoms with Crippen LogP contribution in [-0.2, 0) is 17.8 Å². The van der Waals surface area contributed by atoms with E-state index in [0.29, 0.717) is 29.5 Å². The average molecular weight is 344 g/mol. The number of amides is 1. The Labute approximate surface area is 146 Å². The van der Waals surface area contributed by atoms with Gasteiger partial charge in [-0.2, -0.15) is 0 Å². The zero-order valence-corrected chi connectivity index (χ0v) is 14.3. The number of hydrogen-bond donors (Lipinski definition) is 0. The predicted molar refractivity (Wildman–Crippen MR) is 94.3 cm³/mol. The normalized spacial score (nSPS) is 13.5. The topological polar surface area (TPSA) is 38.8 Å². The van der Waals surface area contributed by atoms with Crippen LogP contribution in [0.25, 0.3) is 6.08 Å². The highest BCUT2D eigenvalue weighted by molar-refractivity contribution is 6.31. The summed E-state index contributed by atoms with van der Waals surface area (Å²) in [6.07, 6.45) is 4.01. The van der Waals surface area contributed by atoms with Gasteiger partial charge in [-0.3, -0.25) is 4.79 Å². The maximum absolute atomic E-state index is 12.6. The predicted octanol–water partition coefficient (Wildman–Crippen LogP) is 3.91. The lowest BCUT2D eigenvalue weighted by Crippen LogP contribution is -2.26. The Morgan fingerprint density at radius 1 is 1.12 bits per heavy atom. The molecular weight excluding hydrogens is 326 g/mol. The van der Waals surface area contributed by atoms with Gasteiger partial charge in [-0.05, 0) is 41.0 Å². The minimum Gasteiger partial charge on any atom is -0.493 e. The van der Waals surface area contributed by atoms with Crippen molar-refractivity contribution in [1.29, 1.82) is 0 Å². The van der Waals surface area contributed by atoms with Crippen molar-refractivity contribution >= 4 is 23.6 Å². The summed E-state index contributed by atoms with van der Waals surface area (Å²) in [7, 11) is 3.18.